The summed E-state index contributed by atoms with van der Waals surface area (Å²) in [7, 11) is 0. The second-order valence-corrected chi connectivity index (χ2v) is 6.51. The summed E-state index contributed by atoms with van der Waals surface area (Å²) in [5.74, 6) is 0.256. The highest BCUT2D eigenvalue weighted by molar-refractivity contribution is 5.94. The SMILES string of the molecule is CCC(C(=O)Nc1ccc(C)c(C)c1)n1nc(C)c2c(C)onc2c1=O. The molecule has 0 aliphatic heterocycles. The summed E-state index contributed by atoms with van der Waals surface area (Å²) in [6, 6.07) is 4.97. The maximum absolute atomic E-state index is 12.8. The first-order valence-electron chi connectivity index (χ1n) is 8.57. The van der Waals surface area contributed by atoms with Gasteiger partial charge in [0.1, 0.15) is 11.8 Å². The lowest BCUT2D eigenvalue weighted by Gasteiger charge is -2.17. The lowest BCUT2D eigenvalue weighted by molar-refractivity contribution is -0.119. The summed E-state index contributed by atoms with van der Waals surface area (Å²) in [6.45, 7) is 9.34. The molecule has 136 valence electrons. The van der Waals surface area contributed by atoms with Crippen LogP contribution in [0.2, 0.25) is 0 Å². The summed E-state index contributed by atoms with van der Waals surface area (Å²) in [5.41, 5.74) is 3.31. The van der Waals surface area contributed by atoms with Gasteiger partial charge in [-0.3, -0.25) is 9.59 Å². The Labute approximate surface area is 151 Å². The van der Waals surface area contributed by atoms with Gasteiger partial charge in [0, 0.05) is 5.69 Å². The number of anilines is 1. The molecule has 1 amide bonds. The molecular weight excluding hydrogens is 332 g/mol. The average molecular weight is 354 g/mol. The van der Waals surface area contributed by atoms with Crippen molar-refractivity contribution in [1.29, 1.82) is 0 Å². The van der Waals surface area contributed by atoms with E-state index in [0.717, 1.165) is 11.1 Å². The van der Waals surface area contributed by atoms with Gasteiger partial charge < -0.3 is 9.84 Å². The van der Waals surface area contributed by atoms with Gasteiger partial charge in [0.25, 0.3) is 5.56 Å². The molecular formula is C19H22N4O3. The standard InChI is InChI=1S/C19H22N4O3/c1-6-15(18(24)20-14-8-7-10(2)11(3)9-14)23-19(25)17-16(12(4)21-23)13(5)26-22-17/h7-9,15H,6H2,1-5H3,(H,20,24). The fourth-order valence-corrected chi connectivity index (χ4v) is 3.04. The van der Waals surface area contributed by atoms with Gasteiger partial charge in [0.15, 0.2) is 5.52 Å². The Kier molecular flexibility index (Phi) is 4.63. The van der Waals surface area contributed by atoms with Crippen molar-refractivity contribution in [2.75, 3.05) is 5.32 Å². The van der Waals surface area contributed by atoms with E-state index >= 15 is 0 Å². The third kappa shape index (κ3) is 3.00. The van der Waals surface area contributed by atoms with Crippen LogP contribution < -0.4 is 10.9 Å². The van der Waals surface area contributed by atoms with Crippen molar-refractivity contribution in [3.63, 3.8) is 0 Å². The van der Waals surface area contributed by atoms with Crippen LogP contribution in [-0.4, -0.2) is 20.8 Å². The van der Waals surface area contributed by atoms with Gasteiger partial charge in [-0.2, -0.15) is 5.10 Å². The first-order chi connectivity index (χ1) is 12.3. The molecule has 0 bridgehead atoms. The van der Waals surface area contributed by atoms with Crippen LogP contribution in [0.4, 0.5) is 5.69 Å². The first-order valence-corrected chi connectivity index (χ1v) is 8.57. The molecule has 0 saturated carbocycles. The lowest BCUT2D eigenvalue weighted by atomic mass is 10.1. The maximum Gasteiger partial charge on any atom is 0.297 e. The lowest BCUT2D eigenvalue weighted by Crippen LogP contribution is -2.35. The molecule has 1 unspecified atom stereocenters. The van der Waals surface area contributed by atoms with E-state index in [0.29, 0.717) is 28.9 Å². The number of carbonyl (C=O) groups is 1. The van der Waals surface area contributed by atoms with Crippen molar-refractivity contribution in [3.8, 4) is 0 Å². The molecule has 7 heteroatoms. The van der Waals surface area contributed by atoms with Crippen LogP contribution in [-0.2, 0) is 4.79 Å². The highest BCUT2D eigenvalue weighted by Crippen LogP contribution is 2.20. The number of amides is 1. The van der Waals surface area contributed by atoms with Gasteiger partial charge in [0.2, 0.25) is 5.91 Å². The van der Waals surface area contributed by atoms with E-state index in [1.54, 1.807) is 13.8 Å². The molecule has 0 aliphatic carbocycles. The number of hydrogen-bond acceptors (Lipinski definition) is 5. The summed E-state index contributed by atoms with van der Waals surface area (Å²) >= 11 is 0. The Morgan fingerprint density at radius 1 is 1.23 bits per heavy atom. The van der Waals surface area contributed by atoms with Crippen LogP contribution in [0.15, 0.2) is 27.5 Å². The number of aromatic nitrogens is 3. The summed E-state index contributed by atoms with van der Waals surface area (Å²) in [5, 5.41) is 11.7. The third-order valence-corrected chi connectivity index (χ3v) is 4.65. The molecule has 0 spiro atoms. The zero-order chi connectivity index (χ0) is 19.0. The Balaban J connectivity index is 1.99. The molecule has 0 saturated heterocycles. The quantitative estimate of drug-likeness (QED) is 0.777. The van der Waals surface area contributed by atoms with E-state index in [1.807, 2.05) is 39.0 Å². The molecule has 0 aliphatic rings. The topological polar surface area (TPSA) is 90.0 Å². The van der Waals surface area contributed by atoms with Crippen molar-refractivity contribution < 1.29 is 9.32 Å². The minimum absolute atomic E-state index is 0.201. The van der Waals surface area contributed by atoms with E-state index in [1.165, 1.54) is 4.68 Å². The van der Waals surface area contributed by atoms with Crippen LogP contribution >= 0.6 is 0 Å². The minimum Gasteiger partial charge on any atom is -0.360 e. The van der Waals surface area contributed by atoms with E-state index < -0.39 is 11.6 Å². The summed E-state index contributed by atoms with van der Waals surface area (Å²) in [4.78, 5) is 25.5. The van der Waals surface area contributed by atoms with E-state index in [4.69, 9.17) is 4.52 Å². The molecule has 26 heavy (non-hydrogen) atoms. The van der Waals surface area contributed by atoms with Crippen LogP contribution in [0.1, 0.15) is 42.0 Å². The third-order valence-electron chi connectivity index (χ3n) is 4.65. The van der Waals surface area contributed by atoms with Crippen molar-refractivity contribution in [2.45, 2.75) is 47.1 Å². The number of nitrogens with one attached hydrogen (secondary N) is 1. The predicted octanol–water partition coefficient (Wildman–Crippen LogP) is 3.21. The van der Waals surface area contributed by atoms with Crippen molar-refractivity contribution in [3.05, 3.63) is 51.1 Å². The predicted molar refractivity (Wildman–Crippen MR) is 99.4 cm³/mol. The first kappa shape index (κ1) is 17.8. The number of aryl methyl sites for hydroxylation is 4. The monoisotopic (exact) mass is 354 g/mol. The second kappa shape index (κ2) is 6.74. The fraction of sp³-hybridized carbons (Fsp3) is 0.368. The second-order valence-electron chi connectivity index (χ2n) is 6.51. The van der Waals surface area contributed by atoms with E-state index in [2.05, 4.69) is 15.6 Å². The molecule has 1 N–H and O–H groups in total. The number of hydrogen-bond donors (Lipinski definition) is 1. The number of rotatable bonds is 4. The Morgan fingerprint density at radius 3 is 2.62 bits per heavy atom. The van der Waals surface area contributed by atoms with Gasteiger partial charge in [-0.05, 0) is 57.4 Å². The molecule has 2 heterocycles. The zero-order valence-corrected chi connectivity index (χ0v) is 15.6. The van der Waals surface area contributed by atoms with Gasteiger partial charge in [-0.1, -0.05) is 18.1 Å². The Hall–Kier alpha value is -2.96. The van der Waals surface area contributed by atoms with Gasteiger partial charge in [0.05, 0.1) is 11.1 Å². The fourth-order valence-electron chi connectivity index (χ4n) is 3.04. The molecule has 2 aromatic heterocycles. The zero-order valence-electron chi connectivity index (χ0n) is 15.6. The van der Waals surface area contributed by atoms with Crippen molar-refractivity contribution in [1.82, 2.24) is 14.9 Å². The van der Waals surface area contributed by atoms with Crippen LogP contribution in [0.25, 0.3) is 10.9 Å². The Morgan fingerprint density at radius 2 is 1.96 bits per heavy atom. The van der Waals surface area contributed by atoms with E-state index in [-0.39, 0.29) is 11.4 Å². The normalized spacial score (nSPS) is 12.3. The molecule has 1 atom stereocenters. The number of benzene rings is 1. The highest BCUT2D eigenvalue weighted by atomic mass is 16.5. The molecule has 3 rings (SSSR count). The van der Waals surface area contributed by atoms with Gasteiger partial charge in [-0.25, -0.2) is 4.68 Å². The largest absolute Gasteiger partial charge is 0.360 e. The molecule has 1 aromatic carbocycles. The van der Waals surface area contributed by atoms with Gasteiger partial charge in [-0.15, -0.1) is 0 Å². The Bertz CT molecular complexity index is 1050. The minimum atomic E-state index is -0.732. The number of nitrogens with zero attached hydrogens (tertiary/aromatic N) is 3. The van der Waals surface area contributed by atoms with Crippen LogP contribution in [0.3, 0.4) is 0 Å². The number of fused-ring (bicyclic) bond motifs is 1. The van der Waals surface area contributed by atoms with Crippen LogP contribution in [0, 0.1) is 27.7 Å². The molecule has 0 radical (unpaired) electrons. The highest BCUT2D eigenvalue weighted by Gasteiger charge is 2.24. The number of carbonyl (C=O) groups excluding carboxylic acids is 1. The summed E-state index contributed by atoms with van der Waals surface area (Å²) < 4.78 is 6.33. The smallest absolute Gasteiger partial charge is 0.297 e. The molecule has 3 aromatic rings. The van der Waals surface area contributed by atoms with Crippen molar-refractivity contribution >= 4 is 22.5 Å². The summed E-state index contributed by atoms with van der Waals surface area (Å²) in [6.07, 6.45) is 0.422. The van der Waals surface area contributed by atoms with Crippen LogP contribution in [0.5, 0.6) is 0 Å². The van der Waals surface area contributed by atoms with Gasteiger partial charge >= 0.3 is 0 Å². The molecule has 7 nitrogen and oxygen atoms in total. The molecule has 0 fully saturated rings. The van der Waals surface area contributed by atoms with E-state index in [9.17, 15) is 9.59 Å². The average Bonchev–Trinajstić information content (AvgIpc) is 2.99. The maximum atomic E-state index is 12.8. The van der Waals surface area contributed by atoms with Crippen molar-refractivity contribution in [2.24, 2.45) is 0 Å².